The maximum absolute atomic E-state index is 9.54. The van der Waals surface area contributed by atoms with Gasteiger partial charge in [0.15, 0.2) is 0 Å². The Bertz CT molecular complexity index is 287. The summed E-state index contributed by atoms with van der Waals surface area (Å²) >= 11 is 5.17. The Balaban J connectivity index is 2.01. The minimum Gasteiger partial charge on any atom is -0.390 e. The third kappa shape index (κ3) is 2.13. The van der Waals surface area contributed by atoms with Crippen LogP contribution in [0, 0.1) is 5.92 Å². The third-order valence-electron chi connectivity index (χ3n) is 2.34. The molecule has 1 aliphatic rings. The van der Waals surface area contributed by atoms with Crippen molar-refractivity contribution < 1.29 is 9.84 Å². The van der Waals surface area contributed by atoms with Crippen LogP contribution in [0.3, 0.4) is 0 Å². The van der Waals surface area contributed by atoms with Crippen molar-refractivity contribution in [1.29, 1.82) is 0 Å². The van der Waals surface area contributed by atoms with E-state index >= 15 is 0 Å². The first kappa shape index (κ1) is 9.65. The van der Waals surface area contributed by atoms with E-state index in [9.17, 15) is 5.11 Å². The van der Waals surface area contributed by atoms with E-state index in [0.717, 1.165) is 6.42 Å². The van der Waals surface area contributed by atoms with Crippen molar-refractivity contribution >= 4 is 27.3 Å². The number of hydrogen-bond acceptors (Lipinski definition) is 3. The molecule has 0 aromatic carbocycles. The fourth-order valence-corrected chi connectivity index (χ4v) is 2.80. The molecule has 0 bridgehead atoms. The van der Waals surface area contributed by atoms with Gasteiger partial charge in [0.05, 0.1) is 23.1 Å². The standard InChI is InChI=1S/C9H11BrO2S/c10-9-6(1-2-13-9)3-7-4-12-5-8(7)11/h1-2,7-8,11H,3-5H2/t7-,8-/m1/s1. The fourth-order valence-electron chi connectivity index (χ4n) is 1.53. The number of aliphatic hydroxyl groups is 1. The first-order chi connectivity index (χ1) is 6.27. The first-order valence-corrected chi connectivity index (χ1v) is 5.92. The number of halogens is 1. The molecule has 0 spiro atoms. The van der Waals surface area contributed by atoms with E-state index < -0.39 is 0 Å². The van der Waals surface area contributed by atoms with Crippen LogP contribution in [0.1, 0.15) is 5.56 Å². The lowest BCUT2D eigenvalue weighted by molar-refractivity contribution is 0.118. The van der Waals surface area contributed by atoms with Crippen molar-refractivity contribution in [3.05, 3.63) is 20.8 Å². The van der Waals surface area contributed by atoms with Crippen molar-refractivity contribution in [2.75, 3.05) is 13.2 Å². The maximum Gasteiger partial charge on any atom is 0.0826 e. The molecule has 0 unspecified atom stereocenters. The molecule has 0 radical (unpaired) electrons. The van der Waals surface area contributed by atoms with Gasteiger partial charge < -0.3 is 9.84 Å². The van der Waals surface area contributed by atoms with Gasteiger partial charge in [-0.3, -0.25) is 0 Å². The van der Waals surface area contributed by atoms with Crippen LogP contribution in [0.25, 0.3) is 0 Å². The zero-order chi connectivity index (χ0) is 9.26. The minimum absolute atomic E-state index is 0.269. The number of hydrogen-bond donors (Lipinski definition) is 1. The largest absolute Gasteiger partial charge is 0.390 e. The monoisotopic (exact) mass is 262 g/mol. The summed E-state index contributed by atoms with van der Waals surface area (Å²) < 4.78 is 6.37. The third-order valence-corrected chi connectivity index (χ3v) is 4.15. The van der Waals surface area contributed by atoms with Gasteiger partial charge >= 0.3 is 0 Å². The van der Waals surface area contributed by atoms with E-state index in [-0.39, 0.29) is 12.0 Å². The van der Waals surface area contributed by atoms with Gasteiger partial charge in [0.25, 0.3) is 0 Å². The lowest BCUT2D eigenvalue weighted by atomic mass is 9.99. The highest BCUT2D eigenvalue weighted by molar-refractivity contribution is 9.11. The van der Waals surface area contributed by atoms with Crippen LogP contribution < -0.4 is 0 Å². The molecule has 2 atom stereocenters. The molecule has 1 fully saturated rings. The van der Waals surface area contributed by atoms with E-state index in [0.29, 0.717) is 13.2 Å². The van der Waals surface area contributed by atoms with Crippen molar-refractivity contribution in [3.8, 4) is 0 Å². The Labute approximate surface area is 89.7 Å². The lowest BCUT2D eigenvalue weighted by Gasteiger charge is -2.10. The summed E-state index contributed by atoms with van der Waals surface area (Å²) in [6.45, 7) is 1.18. The maximum atomic E-state index is 9.54. The van der Waals surface area contributed by atoms with Crippen molar-refractivity contribution in [2.45, 2.75) is 12.5 Å². The van der Waals surface area contributed by atoms with Crippen LogP contribution in [0.2, 0.25) is 0 Å². The Morgan fingerprint density at radius 1 is 1.62 bits per heavy atom. The molecule has 13 heavy (non-hydrogen) atoms. The topological polar surface area (TPSA) is 29.5 Å². The summed E-state index contributed by atoms with van der Waals surface area (Å²) in [6.07, 6.45) is 0.623. The molecule has 1 aromatic rings. The summed E-state index contributed by atoms with van der Waals surface area (Å²) in [7, 11) is 0. The smallest absolute Gasteiger partial charge is 0.0826 e. The second-order valence-electron chi connectivity index (χ2n) is 3.29. The van der Waals surface area contributed by atoms with Crippen molar-refractivity contribution in [2.24, 2.45) is 5.92 Å². The molecule has 72 valence electrons. The summed E-state index contributed by atoms with van der Waals surface area (Å²) in [6, 6.07) is 2.10. The highest BCUT2D eigenvalue weighted by Crippen LogP contribution is 2.28. The Morgan fingerprint density at radius 2 is 2.46 bits per heavy atom. The molecule has 2 nitrogen and oxygen atoms in total. The Kier molecular flexibility index (Phi) is 3.03. The molecular formula is C9H11BrO2S. The highest BCUT2D eigenvalue weighted by Gasteiger charge is 2.26. The van der Waals surface area contributed by atoms with Crippen LogP contribution in [0.15, 0.2) is 15.2 Å². The summed E-state index contributed by atoms with van der Waals surface area (Å²) in [5.74, 6) is 0.269. The van der Waals surface area contributed by atoms with Crippen LogP contribution in [0.5, 0.6) is 0 Å². The molecule has 1 aromatic heterocycles. The molecule has 1 aliphatic heterocycles. The molecule has 4 heteroatoms. The van der Waals surface area contributed by atoms with Gasteiger partial charge in [-0.05, 0) is 39.4 Å². The fraction of sp³-hybridized carbons (Fsp3) is 0.556. The zero-order valence-corrected chi connectivity index (χ0v) is 9.47. The number of thiophene rings is 1. The van der Waals surface area contributed by atoms with E-state index in [1.165, 1.54) is 9.35 Å². The van der Waals surface area contributed by atoms with Crippen LogP contribution in [0.4, 0.5) is 0 Å². The van der Waals surface area contributed by atoms with Gasteiger partial charge in [-0.25, -0.2) is 0 Å². The van der Waals surface area contributed by atoms with E-state index in [4.69, 9.17) is 4.74 Å². The second-order valence-corrected chi connectivity index (χ2v) is 5.52. The normalized spacial score (nSPS) is 28.2. The van der Waals surface area contributed by atoms with Gasteiger partial charge in [-0.2, -0.15) is 0 Å². The molecule has 2 heterocycles. The van der Waals surface area contributed by atoms with Gasteiger partial charge in [-0.15, -0.1) is 11.3 Å². The predicted octanol–water partition coefficient (Wildman–Crippen LogP) is 2.06. The zero-order valence-electron chi connectivity index (χ0n) is 7.07. The molecule has 0 amide bonds. The molecule has 0 saturated carbocycles. The van der Waals surface area contributed by atoms with E-state index in [1.54, 1.807) is 11.3 Å². The van der Waals surface area contributed by atoms with Gasteiger partial charge in [0, 0.05) is 5.92 Å². The first-order valence-electron chi connectivity index (χ1n) is 4.25. The van der Waals surface area contributed by atoms with Crippen molar-refractivity contribution in [3.63, 3.8) is 0 Å². The lowest BCUT2D eigenvalue weighted by Crippen LogP contribution is -2.19. The molecule has 1 N–H and O–H groups in total. The predicted molar refractivity (Wildman–Crippen MR) is 56.0 cm³/mol. The average molecular weight is 263 g/mol. The molecule has 1 saturated heterocycles. The second kappa shape index (κ2) is 4.09. The molecular weight excluding hydrogens is 252 g/mol. The van der Waals surface area contributed by atoms with Gasteiger partial charge in [0.1, 0.15) is 0 Å². The van der Waals surface area contributed by atoms with Crippen LogP contribution in [-0.4, -0.2) is 24.4 Å². The van der Waals surface area contributed by atoms with E-state index in [2.05, 4.69) is 27.4 Å². The Hall–Kier alpha value is 0.100. The van der Waals surface area contributed by atoms with Crippen molar-refractivity contribution in [1.82, 2.24) is 0 Å². The average Bonchev–Trinajstić information content (AvgIpc) is 2.65. The number of ether oxygens (including phenoxy) is 1. The minimum atomic E-state index is -0.285. The highest BCUT2D eigenvalue weighted by atomic mass is 79.9. The van der Waals surface area contributed by atoms with E-state index in [1.807, 2.05) is 0 Å². The van der Waals surface area contributed by atoms with Crippen LogP contribution >= 0.6 is 27.3 Å². The summed E-state index contributed by atoms with van der Waals surface area (Å²) in [5.41, 5.74) is 1.28. The van der Waals surface area contributed by atoms with Gasteiger partial charge in [-0.1, -0.05) is 0 Å². The molecule has 2 rings (SSSR count). The summed E-state index contributed by atoms with van der Waals surface area (Å²) in [5, 5.41) is 11.6. The molecule has 0 aliphatic carbocycles. The quantitative estimate of drug-likeness (QED) is 0.885. The Morgan fingerprint density at radius 3 is 3.00 bits per heavy atom. The van der Waals surface area contributed by atoms with Gasteiger partial charge in [0.2, 0.25) is 0 Å². The summed E-state index contributed by atoms with van der Waals surface area (Å²) in [4.78, 5) is 0. The number of aliphatic hydroxyl groups excluding tert-OH is 1. The van der Waals surface area contributed by atoms with Crippen LogP contribution in [-0.2, 0) is 11.2 Å². The number of rotatable bonds is 2. The SMILES string of the molecule is O[C@@H]1COC[C@H]1Cc1ccsc1Br.